The average Bonchev–Trinajstić information content (AvgIpc) is 2.70. The van der Waals surface area contributed by atoms with E-state index < -0.39 is 6.09 Å². The number of fused-ring (bicyclic) bond motifs is 1. The third-order valence-corrected chi connectivity index (χ3v) is 2.17. The van der Waals surface area contributed by atoms with E-state index in [-0.39, 0.29) is 0 Å². The van der Waals surface area contributed by atoms with Crippen molar-refractivity contribution in [2.24, 2.45) is 0 Å². The van der Waals surface area contributed by atoms with Crippen LogP contribution in [0.2, 0.25) is 0 Å². The second kappa shape index (κ2) is 4.73. The predicted octanol–water partition coefficient (Wildman–Crippen LogP) is 2.14. The molecule has 0 unspecified atom stereocenters. The molecule has 90 valence electrons. The van der Waals surface area contributed by atoms with E-state index in [0.29, 0.717) is 12.6 Å². The highest BCUT2D eigenvalue weighted by Crippen LogP contribution is 2.20. The molecule has 0 bridgehead atoms. The van der Waals surface area contributed by atoms with Crippen LogP contribution >= 0.6 is 0 Å². The lowest BCUT2D eigenvalue weighted by atomic mass is 10.3. The van der Waals surface area contributed by atoms with Gasteiger partial charge in [0.1, 0.15) is 5.75 Å². The van der Waals surface area contributed by atoms with Crippen molar-refractivity contribution < 1.29 is 14.3 Å². The number of anilines is 1. The van der Waals surface area contributed by atoms with Gasteiger partial charge >= 0.3 is 6.09 Å². The number of hydrogen-bond acceptors (Lipinski definition) is 4. The molecular weight excluding hydrogens is 222 g/mol. The summed E-state index contributed by atoms with van der Waals surface area (Å²) in [6.07, 6.45) is -0.561. The van der Waals surface area contributed by atoms with Crippen LogP contribution in [0.5, 0.6) is 5.75 Å². The Hall–Kier alpha value is -2.24. The molecule has 0 fully saturated rings. The molecule has 2 rings (SSSR count). The number of amides is 1. The maximum atomic E-state index is 11.0. The zero-order valence-electron chi connectivity index (χ0n) is 9.61. The number of hydrogen-bond donors (Lipinski definition) is 2. The van der Waals surface area contributed by atoms with Crippen LogP contribution < -0.4 is 10.1 Å². The summed E-state index contributed by atoms with van der Waals surface area (Å²) in [6, 6.07) is 5.47. The van der Waals surface area contributed by atoms with Crippen LogP contribution in [0.1, 0.15) is 6.92 Å². The first-order chi connectivity index (χ1) is 8.22. The highest BCUT2D eigenvalue weighted by atomic mass is 16.5. The van der Waals surface area contributed by atoms with Crippen molar-refractivity contribution in [1.82, 2.24) is 9.97 Å². The molecule has 0 aliphatic rings. The van der Waals surface area contributed by atoms with E-state index in [1.54, 1.807) is 0 Å². The molecule has 2 aromatic rings. The van der Waals surface area contributed by atoms with Gasteiger partial charge in [0.25, 0.3) is 0 Å². The molecule has 0 aliphatic heterocycles. The van der Waals surface area contributed by atoms with Gasteiger partial charge in [0.15, 0.2) is 0 Å². The van der Waals surface area contributed by atoms with Crippen molar-refractivity contribution in [3.63, 3.8) is 0 Å². The zero-order valence-corrected chi connectivity index (χ0v) is 9.61. The Morgan fingerprint density at radius 3 is 3.06 bits per heavy atom. The molecule has 1 aromatic carbocycles. The second-order valence-corrected chi connectivity index (χ2v) is 3.31. The number of aromatic amines is 1. The van der Waals surface area contributed by atoms with Gasteiger partial charge in [0.2, 0.25) is 5.95 Å². The van der Waals surface area contributed by atoms with E-state index >= 15 is 0 Å². The molecule has 6 nitrogen and oxygen atoms in total. The minimum absolute atomic E-state index is 0.348. The number of aromatic nitrogens is 2. The molecule has 6 heteroatoms. The molecule has 1 amide bonds. The molecule has 1 heterocycles. The first-order valence-electron chi connectivity index (χ1n) is 5.20. The minimum Gasteiger partial charge on any atom is -0.494 e. The van der Waals surface area contributed by atoms with Crippen LogP contribution in [-0.4, -0.2) is 29.8 Å². The lowest BCUT2D eigenvalue weighted by Crippen LogP contribution is -2.11. The third kappa shape index (κ3) is 2.47. The molecular formula is C11H13N3O3. The average molecular weight is 235 g/mol. The van der Waals surface area contributed by atoms with E-state index in [0.717, 1.165) is 16.8 Å². The van der Waals surface area contributed by atoms with Gasteiger partial charge in [-0.15, -0.1) is 0 Å². The highest BCUT2D eigenvalue weighted by Gasteiger charge is 2.07. The summed E-state index contributed by atoms with van der Waals surface area (Å²) in [6.45, 7) is 2.52. The number of methoxy groups -OCH3 is 1. The van der Waals surface area contributed by atoms with Gasteiger partial charge in [0, 0.05) is 6.07 Å². The summed E-state index contributed by atoms with van der Waals surface area (Å²) in [7, 11) is 1.30. The third-order valence-electron chi connectivity index (χ3n) is 2.17. The van der Waals surface area contributed by atoms with Gasteiger partial charge in [-0.1, -0.05) is 0 Å². The Morgan fingerprint density at radius 1 is 1.53 bits per heavy atom. The van der Waals surface area contributed by atoms with Crippen LogP contribution in [-0.2, 0) is 4.74 Å². The lowest BCUT2D eigenvalue weighted by Gasteiger charge is -2.00. The van der Waals surface area contributed by atoms with Gasteiger partial charge < -0.3 is 14.5 Å². The Balaban J connectivity index is 2.27. The second-order valence-electron chi connectivity index (χ2n) is 3.31. The van der Waals surface area contributed by atoms with Crippen LogP contribution in [0.4, 0.5) is 10.7 Å². The maximum absolute atomic E-state index is 11.0. The van der Waals surface area contributed by atoms with Crippen LogP contribution in [0, 0.1) is 0 Å². The quantitative estimate of drug-likeness (QED) is 0.854. The fraction of sp³-hybridized carbons (Fsp3) is 0.273. The Labute approximate surface area is 97.9 Å². The number of H-pyrrole nitrogens is 1. The topological polar surface area (TPSA) is 76.2 Å². The fourth-order valence-corrected chi connectivity index (χ4v) is 1.45. The minimum atomic E-state index is -0.561. The SMILES string of the molecule is CCOc1ccc2nc(NC(=O)OC)[nH]c2c1. The first-order valence-corrected chi connectivity index (χ1v) is 5.20. The fourth-order valence-electron chi connectivity index (χ4n) is 1.45. The molecule has 2 N–H and O–H groups in total. The highest BCUT2D eigenvalue weighted by molar-refractivity contribution is 5.86. The summed E-state index contributed by atoms with van der Waals surface area (Å²) < 4.78 is 9.84. The smallest absolute Gasteiger partial charge is 0.413 e. The molecule has 0 atom stereocenters. The van der Waals surface area contributed by atoms with E-state index in [4.69, 9.17) is 4.74 Å². The van der Waals surface area contributed by atoms with Gasteiger partial charge in [-0.25, -0.2) is 9.78 Å². The molecule has 17 heavy (non-hydrogen) atoms. The van der Waals surface area contributed by atoms with E-state index in [9.17, 15) is 4.79 Å². The van der Waals surface area contributed by atoms with E-state index in [2.05, 4.69) is 20.0 Å². The number of carbonyl (C=O) groups excluding carboxylic acids is 1. The molecule has 0 saturated carbocycles. The molecule has 0 radical (unpaired) electrons. The number of nitrogens with one attached hydrogen (secondary N) is 2. The number of carbonyl (C=O) groups is 1. The van der Waals surface area contributed by atoms with Gasteiger partial charge in [0.05, 0.1) is 24.8 Å². The predicted molar refractivity (Wildman–Crippen MR) is 63.3 cm³/mol. The molecule has 0 aliphatic carbocycles. The van der Waals surface area contributed by atoms with Crippen LogP contribution in [0.15, 0.2) is 18.2 Å². The van der Waals surface area contributed by atoms with Gasteiger partial charge in [-0.3, -0.25) is 5.32 Å². The number of nitrogens with zero attached hydrogens (tertiary/aromatic N) is 1. The monoisotopic (exact) mass is 235 g/mol. The number of rotatable bonds is 3. The van der Waals surface area contributed by atoms with Crippen molar-refractivity contribution in [3.8, 4) is 5.75 Å². The summed E-state index contributed by atoms with van der Waals surface area (Å²) in [5.74, 6) is 1.11. The first kappa shape index (κ1) is 11.3. The summed E-state index contributed by atoms with van der Waals surface area (Å²) in [5, 5.41) is 2.46. The van der Waals surface area contributed by atoms with Gasteiger partial charge in [-0.05, 0) is 19.1 Å². The summed E-state index contributed by atoms with van der Waals surface area (Å²) >= 11 is 0. The Morgan fingerprint density at radius 2 is 2.35 bits per heavy atom. The van der Waals surface area contributed by atoms with Crippen LogP contribution in [0.3, 0.4) is 0 Å². The molecule has 0 saturated heterocycles. The Kier molecular flexibility index (Phi) is 3.13. The van der Waals surface area contributed by atoms with Crippen molar-refractivity contribution >= 4 is 23.1 Å². The van der Waals surface area contributed by atoms with Crippen molar-refractivity contribution in [2.45, 2.75) is 6.92 Å². The standard InChI is InChI=1S/C11H13N3O3/c1-3-17-7-4-5-8-9(6-7)13-10(12-8)14-11(15)16-2/h4-6H,3H2,1-2H3,(H2,12,13,14,15). The summed E-state index contributed by atoms with van der Waals surface area (Å²) in [5.41, 5.74) is 1.54. The number of imidazole rings is 1. The van der Waals surface area contributed by atoms with E-state index in [1.807, 2.05) is 25.1 Å². The molecule has 0 spiro atoms. The normalized spacial score (nSPS) is 10.2. The zero-order chi connectivity index (χ0) is 12.3. The van der Waals surface area contributed by atoms with Gasteiger partial charge in [-0.2, -0.15) is 0 Å². The number of ether oxygens (including phenoxy) is 2. The lowest BCUT2D eigenvalue weighted by molar-refractivity contribution is 0.186. The molecule has 1 aromatic heterocycles. The number of benzene rings is 1. The maximum Gasteiger partial charge on any atom is 0.413 e. The van der Waals surface area contributed by atoms with Crippen molar-refractivity contribution in [1.29, 1.82) is 0 Å². The van der Waals surface area contributed by atoms with Crippen LogP contribution in [0.25, 0.3) is 11.0 Å². The Bertz CT molecular complexity index is 536. The van der Waals surface area contributed by atoms with Crippen molar-refractivity contribution in [2.75, 3.05) is 19.0 Å². The van der Waals surface area contributed by atoms with E-state index in [1.165, 1.54) is 7.11 Å². The largest absolute Gasteiger partial charge is 0.494 e. The summed E-state index contributed by atoms with van der Waals surface area (Å²) in [4.78, 5) is 18.1. The van der Waals surface area contributed by atoms with Crippen molar-refractivity contribution in [3.05, 3.63) is 18.2 Å².